The van der Waals surface area contributed by atoms with E-state index in [1.807, 2.05) is 47.2 Å². The van der Waals surface area contributed by atoms with E-state index in [1.165, 1.54) is 9.80 Å². The van der Waals surface area contributed by atoms with Crippen LogP contribution in [0.15, 0.2) is 29.3 Å². The number of likely N-dealkylation sites (N-methyl/N-ethyl adjacent to an activating group) is 1. The van der Waals surface area contributed by atoms with Gasteiger partial charge in [-0.1, -0.05) is 28.7 Å². The number of imide groups is 1. The molecule has 0 aliphatic carbocycles. The van der Waals surface area contributed by atoms with Crippen LogP contribution in [0, 0.1) is 13.8 Å². The quantitative estimate of drug-likeness (QED) is 0.657. The normalized spacial score (nSPS) is 21.1. The molecule has 5 rings (SSSR count). The maximum Gasteiger partial charge on any atom is 0.407 e. The van der Waals surface area contributed by atoms with Gasteiger partial charge in [0, 0.05) is 33.2 Å². The molecule has 2 saturated heterocycles. The van der Waals surface area contributed by atoms with E-state index >= 15 is 0 Å². The van der Waals surface area contributed by atoms with Crippen molar-refractivity contribution in [3.63, 3.8) is 0 Å². The Morgan fingerprint density at radius 1 is 1.16 bits per heavy atom. The van der Waals surface area contributed by atoms with E-state index < -0.39 is 6.04 Å². The summed E-state index contributed by atoms with van der Waals surface area (Å²) < 4.78 is 9.26. The van der Waals surface area contributed by atoms with E-state index in [0.717, 1.165) is 30.2 Å². The summed E-state index contributed by atoms with van der Waals surface area (Å²) in [4.78, 5) is 36.4. The molecule has 0 spiro atoms. The van der Waals surface area contributed by atoms with Crippen LogP contribution in [0.3, 0.4) is 0 Å². The average Bonchev–Trinajstić information content (AvgIpc) is 3.29. The summed E-state index contributed by atoms with van der Waals surface area (Å²) in [6.07, 6.45) is 0. The van der Waals surface area contributed by atoms with Crippen LogP contribution in [0.4, 0.5) is 10.7 Å². The first-order valence-corrected chi connectivity index (χ1v) is 11.1. The number of hydrogen-bond donors (Lipinski definition) is 0. The van der Waals surface area contributed by atoms with Crippen LogP contribution in [-0.2, 0) is 9.53 Å². The van der Waals surface area contributed by atoms with Crippen molar-refractivity contribution in [2.75, 3.05) is 46.4 Å². The molecular weight excluding hydrogens is 432 g/mol. The first-order valence-electron chi connectivity index (χ1n) is 10.8. The van der Waals surface area contributed by atoms with Gasteiger partial charge in [0.1, 0.15) is 17.1 Å². The molecule has 1 atom stereocenters. The van der Waals surface area contributed by atoms with Gasteiger partial charge in [-0.2, -0.15) is 4.57 Å². The molecule has 3 amide bonds. The third kappa shape index (κ3) is 3.15. The molecule has 0 N–H and O–H groups in total. The molecule has 0 radical (unpaired) electrons. The summed E-state index contributed by atoms with van der Waals surface area (Å²) in [6.45, 7) is 7.88. The molecule has 3 aliphatic rings. The molecule has 9 nitrogen and oxygen atoms in total. The number of urea groups is 1. The molecular formula is C22H26ClN6O3+. The van der Waals surface area contributed by atoms with Crippen LogP contribution in [0.1, 0.15) is 17.4 Å². The van der Waals surface area contributed by atoms with Gasteiger partial charge in [0.05, 0.1) is 18.2 Å². The number of ether oxygens (including phenoxy) is 1. The fourth-order valence-electron chi connectivity index (χ4n) is 4.63. The highest BCUT2D eigenvalue weighted by Gasteiger charge is 2.54. The average molecular weight is 458 g/mol. The number of imidazole rings is 1. The SMILES string of the molecule is Cc1c(C)[n+]2c(n1-c1ccccc1Cl)N=C1C2C(=O)N(CCN2CCOCC2)C(=O)N1C. The minimum atomic E-state index is -0.667. The van der Waals surface area contributed by atoms with Gasteiger partial charge < -0.3 is 4.74 Å². The highest BCUT2D eigenvalue weighted by molar-refractivity contribution is 6.32. The number of benzene rings is 1. The minimum absolute atomic E-state index is 0.247. The third-order valence-corrected chi connectivity index (χ3v) is 6.87. The smallest absolute Gasteiger partial charge is 0.379 e. The second-order valence-electron chi connectivity index (χ2n) is 8.29. The Bertz CT molecular complexity index is 1140. The van der Waals surface area contributed by atoms with Gasteiger partial charge in [-0.25, -0.2) is 9.36 Å². The lowest BCUT2D eigenvalue weighted by molar-refractivity contribution is -0.682. The van der Waals surface area contributed by atoms with E-state index in [-0.39, 0.29) is 11.9 Å². The molecule has 168 valence electrons. The van der Waals surface area contributed by atoms with Gasteiger partial charge in [0.15, 0.2) is 0 Å². The Morgan fingerprint density at radius 2 is 1.88 bits per heavy atom. The Kier molecular flexibility index (Phi) is 5.27. The fraction of sp³-hybridized carbons (Fsp3) is 0.455. The zero-order valence-electron chi connectivity index (χ0n) is 18.4. The van der Waals surface area contributed by atoms with Gasteiger partial charge in [-0.05, 0) is 26.0 Å². The summed E-state index contributed by atoms with van der Waals surface area (Å²) in [6, 6.07) is 6.52. The summed E-state index contributed by atoms with van der Waals surface area (Å²) in [5.41, 5.74) is 2.65. The zero-order valence-corrected chi connectivity index (χ0v) is 19.2. The number of morpholine rings is 1. The fourth-order valence-corrected chi connectivity index (χ4v) is 4.85. The number of nitrogens with zero attached hydrogens (tertiary/aromatic N) is 6. The van der Waals surface area contributed by atoms with E-state index in [1.54, 1.807) is 7.05 Å². The van der Waals surface area contributed by atoms with Gasteiger partial charge in [-0.3, -0.25) is 19.5 Å². The van der Waals surface area contributed by atoms with Crippen LogP contribution in [0.25, 0.3) is 5.69 Å². The lowest BCUT2D eigenvalue weighted by atomic mass is 10.1. The van der Waals surface area contributed by atoms with Crippen molar-refractivity contribution in [1.29, 1.82) is 0 Å². The van der Waals surface area contributed by atoms with Crippen molar-refractivity contribution in [2.45, 2.75) is 19.9 Å². The second kappa shape index (κ2) is 7.99. The van der Waals surface area contributed by atoms with E-state index in [0.29, 0.717) is 43.1 Å². The predicted octanol–water partition coefficient (Wildman–Crippen LogP) is 1.85. The number of halogens is 1. The first kappa shape index (κ1) is 21.1. The van der Waals surface area contributed by atoms with Crippen molar-refractivity contribution < 1.29 is 18.9 Å². The number of carbonyl (C=O) groups is 2. The molecule has 0 saturated carbocycles. The Labute approximate surface area is 191 Å². The molecule has 2 aromatic rings. The van der Waals surface area contributed by atoms with Crippen molar-refractivity contribution in [2.24, 2.45) is 4.99 Å². The second-order valence-corrected chi connectivity index (χ2v) is 8.69. The molecule has 4 heterocycles. The topological polar surface area (TPSA) is 74.3 Å². The van der Waals surface area contributed by atoms with Crippen LogP contribution in [0.2, 0.25) is 5.02 Å². The highest BCUT2D eigenvalue weighted by Crippen LogP contribution is 2.34. The predicted molar refractivity (Wildman–Crippen MR) is 119 cm³/mol. The number of fused-ring (bicyclic) bond motifs is 3. The number of aliphatic imine (C=N–C) groups is 1. The van der Waals surface area contributed by atoms with Crippen LogP contribution < -0.4 is 4.57 Å². The number of hydrogen-bond acceptors (Lipinski definition) is 5. The lowest BCUT2D eigenvalue weighted by Gasteiger charge is -2.35. The number of amidine groups is 1. The molecule has 3 aliphatic heterocycles. The number of rotatable bonds is 4. The maximum atomic E-state index is 13.6. The van der Waals surface area contributed by atoms with E-state index in [2.05, 4.69) is 4.90 Å². The largest absolute Gasteiger partial charge is 0.407 e. The maximum absolute atomic E-state index is 13.6. The summed E-state index contributed by atoms with van der Waals surface area (Å²) >= 11 is 6.48. The summed E-state index contributed by atoms with van der Waals surface area (Å²) in [5, 5.41) is 0.590. The van der Waals surface area contributed by atoms with Crippen molar-refractivity contribution in [3.8, 4) is 5.69 Å². The molecule has 1 aromatic carbocycles. The standard InChI is InChI=1S/C22H26ClN6O3/c1-14-15(2)29-18-19(24-21(29)28(14)17-7-5-4-6-16(17)23)25(3)22(31)27(20(18)30)9-8-26-10-12-32-13-11-26/h4-7,18H,8-13H2,1-3H3/q+1. The Hall–Kier alpha value is -2.75. The van der Waals surface area contributed by atoms with E-state index in [9.17, 15) is 9.59 Å². The molecule has 1 aromatic heterocycles. The zero-order chi connectivity index (χ0) is 22.6. The molecule has 10 heteroatoms. The van der Waals surface area contributed by atoms with Crippen LogP contribution in [0.5, 0.6) is 0 Å². The highest BCUT2D eigenvalue weighted by atomic mass is 35.5. The van der Waals surface area contributed by atoms with Crippen LogP contribution >= 0.6 is 11.6 Å². The number of para-hydroxylation sites is 1. The van der Waals surface area contributed by atoms with Gasteiger partial charge in [-0.15, -0.1) is 0 Å². The number of amides is 3. The number of carbonyl (C=O) groups excluding carboxylic acids is 2. The Balaban J connectivity index is 1.52. The number of aromatic nitrogens is 2. The third-order valence-electron chi connectivity index (χ3n) is 6.55. The Morgan fingerprint density at radius 3 is 2.59 bits per heavy atom. The van der Waals surface area contributed by atoms with Crippen molar-refractivity contribution >= 4 is 35.3 Å². The van der Waals surface area contributed by atoms with Gasteiger partial charge in [0.2, 0.25) is 11.9 Å². The van der Waals surface area contributed by atoms with Crippen molar-refractivity contribution in [1.82, 2.24) is 19.3 Å². The van der Waals surface area contributed by atoms with Crippen LogP contribution in [-0.4, -0.2) is 83.5 Å². The van der Waals surface area contributed by atoms with Gasteiger partial charge >= 0.3 is 12.0 Å². The van der Waals surface area contributed by atoms with E-state index in [4.69, 9.17) is 21.3 Å². The first-order chi connectivity index (χ1) is 15.4. The summed E-state index contributed by atoms with van der Waals surface area (Å²) in [5.74, 6) is 0.793. The molecule has 32 heavy (non-hydrogen) atoms. The monoisotopic (exact) mass is 457 g/mol. The molecule has 0 bridgehead atoms. The van der Waals surface area contributed by atoms with Crippen molar-refractivity contribution in [3.05, 3.63) is 40.7 Å². The summed E-state index contributed by atoms with van der Waals surface area (Å²) in [7, 11) is 1.68. The molecule has 1 unspecified atom stereocenters. The molecule has 2 fully saturated rings. The van der Waals surface area contributed by atoms with Gasteiger partial charge in [0.25, 0.3) is 5.91 Å². The lowest BCUT2D eigenvalue weighted by Crippen LogP contribution is -2.64. The minimum Gasteiger partial charge on any atom is -0.379 e.